The number of thiophene rings is 1. The molecule has 110 valence electrons. The van der Waals surface area contributed by atoms with Gasteiger partial charge in [-0.25, -0.2) is 0 Å². The first-order chi connectivity index (χ1) is 10.2. The van der Waals surface area contributed by atoms with Gasteiger partial charge in [0.15, 0.2) is 0 Å². The number of nitrogens with zero attached hydrogens (tertiary/aromatic N) is 1. The van der Waals surface area contributed by atoms with Crippen molar-refractivity contribution >= 4 is 28.8 Å². The summed E-state index contributed by atoms with van der Waals surface area (Å²) >= 11 is 1.57. The van der Waals surface area contributed by atoms with Crippen molar-refractivity contribution < 1.29 is 9.59 Å². The van der Waals surface area contributed by atoms with Crippen LogP contribution in [-0.4, -0.2) is 24.9 Å². The van der Waals surface area contributed by atoms with Crippen LogP contribution in [0.2, 0.25) is 0 Å². The monoisotopic (exact) mass is 302 g/mol. The lowest BCUT2D eigenvalue weighted by Crippen LogP contribution is -2.37. The molecule has 2 amide bonds. The molecule has 0 spiro atoms. The molecule has 5 heteroatoms. The second-order valence-corrected chi connectivity index (χ2v) is 5.64. The Kier molecular flexibility index (Phi) is 5.51. The number of amides is 2. The maximum Gasteiger partial charge on any atom is 0.225 e. The lowest BCUT2D eigenvalue weighted by Gasteiger charge is -2.21. The molecular weight excluding hydrogens is 284 g/mol. The van der Waals surface area contributed by atoms with E-state index in [0.717, 1.165) is 10.6 Å². The highest BCUT2D eigenvalue weighted by Gasteiger charge is 2.11. The molecule has 0 bridgehead atoms. The van der Waals surface area contributed by atoms with Gasteiger partial charge in [0.25, 0.3) is 0 Å². The number of hydrogen-bond donors (Lipinski definition) is 1. The topological polar surface area (TPSA) is 49.4 Å². The molecule has 2 aromatic rings. The average Bonchev–Trinajstić information content (AvgIpc) is 2.97. The maximum atomic E-state index is 11.8. The average molecular weight is 302 g/mol. The van der Waals surface area contributed by atoms with Crippen LogP contribution in [-0.2, 0) is 16.0 Å². The summed E-state index contributed by atoms with van der Waals surface area (Å²) in [5.74, 6) is -0.0530. The number of nitrogens with one attached hydrogen (secondary N) is 1. The highest BCUT2D eigenvalue weighted by molar-refractivity contribution is 7.10. The summed E-state index contributed by atoms with van der Waals surface area (Å²) in [6.07, 6.45) is 0.392. The van der Waals surface area contributed by atoms with Crippen molar-refractivity contribution in [2.24, 2.45) is 0 Å². The Hall–Kier alpha value is -2.14. The standard InChI is InChI=1S/C16H18N2O2S/c1-13(19)18(14-6-3-2-4-7-14)10-9-17-16(20)12-15-8-5-11-21-15/h2-8,11H,9-10,12H2,1H3,(H,17,20). The maximum absolute atomic E-state index is 11.8. The van der Waals surface area contributed by atoms with Gasteiger partial charge in [-0.2, -0.15) is 0 Å². The number of carbonyl (C=O) groups excluding carboxylic acids is 2. The lowest BCUT2D eigenvalue weighted by molar-refractivity contribution is -0.120. The molecule has 2 rings (SSSR count). The molecule has 0 aliphatic heterocycles. The Bertz CT molecular complexity index is 582. The summed E-state index contributed by atoms with van der Waals surface area (Å²) in [6.45, 7) is 2.44. The second kappa shape index (κ2) is 7.59. The molecule has 1 heterocycles. The quantitative estimate of drug-likeness (QED) is 0.891. The zero-order chi connectivity index (χ0) is 15.1. The first-order valence-corrected chi connectivity index (χ1v) is 7.67. The molecule has 21 heavy (non-hydrogen) atoms. The number of rotatable bonds is 6. The van der Waals surface area contributed by atoms with Crippen LogP contribution in [0.15, 0.2) is 47.8 Å². The van der Waals surface area contributed by atoms with Gasteiger partial charge >= 0.3 is 0 Å². The third-order valence-electron chi connectivity index (χ3n) is 3.02. The van der Waals surface area contributed by atoms with Crippen molar-refractivity contribution in [1.82, 2.24) is 5.32 Å². The van der Waals surface area contributed by atoms with E-state index in [4.69, 9.17) is 0 Å². The van der Waals surface area contributed by atoms with Gasteiger partial charge in [-0.3, -0.25) is 9.59 Å². The summed E-state index contributed by atoms with van der Waals surface area (Å²) in [5.41, 5.74) is 0.845. The van der Waals surface area contributed by atoms with E-state index in [0.29, 0.717) is 19.5 Å². The molecule has 0 fully saturated rings. The van der Waals surface area contributed by atoms with E-state index in [9.17, 15) is 9.59 Å². The van der Waals surface area contributed by atoms with Gasteiger partial charge in [0.2, 0.25) is 11.8 Å². The number of hydrogen-bond acceptors (Lipinski definition) is 3. The molecule has 0 atom stereocenters. The van der Waals surface area contributed by atoms with Crippen LogP contribution < -0.4 is 10.2 Å². The fourth-order valence-corrected chi connectivity index (χ4v) is 2.72. The second-order valence-electron chi connectivity index (χ2n) is 4.61. The van der Waals surface area contributed by atoms with Crippen LogP contribution >= 0.6 is 11.3 Å². The highest BCUT2D eigenvalue weighted by Crippen LogP contribution is 2.12. The Morgan fingerprint density at radius 2 is 1.90 bits per heavy atom. The van der Waals surface area contributed by atoms with Gasteiger partial charge in [-0.05, 0) is 23.6 Å². The predicted octanol–water partition coefficient (Wildman–Crippen LogP) is 2.46. The summed E-state index contributed by atoms with van der Waals surface area (Å²) < 4.78 is 0. The SMILES string of the molecule is CC(=O)N(CCNC(=O)Cc1cccs1)c1ccccc1. The number of benzene rings is 1. The fraction of sp³-hybridized carbons (Fsp3) is 0.250. The van der Waals surface area contributed by atoms with E-state index in [1.165, 1.54) is 6.92 Å². The molecule has 0 radical (unpaired) electrons. The Balaban J connectivity index is 1.83. The first kappa shape index (κ1) is 15.3. The van der Waals surface area contributed by atoms with E-state index < -0.39 is 0 Å². The van der Waals surface area contributed by atoms with Crippen LogP contribution in [0.4, 0.5) is 5.69 Å². The molecule has 0 aliphatic carbocycles. The summed E-state index contributed by atoms with van der Waals surface area (Å²) in [4.78, 5) is 26.2. The van der Waals surface area contributed by atoms with Gasteiger partial charge in [-0.1, -0.05) is 24.3 Å². The normalized spacial score (nSPS) is 10.1. The third kappa shape index (κ3) is 4.72. The predicted molar refractivity (Wildman–Crippen MR) is 85.5 cm³/mol. The molecule has 1 aromatic carbocycles. The molecule has 1 aromatic heterocycles. The van der Waals surface area contributed by atoms with Crippen molar-refractivity contribution in [3.63, 3.8) is 0 Å². The Morgan fingerprint density at radius 1 is 1.14 bits per heavy atom. The first-order valence-electron chi connectivity index (χ1n) is 6.79. The van der Waals surface area contributed by atoms with Crippen molar-refractivity contribution in [3.05, 3.63) is 52.7 Å². The van der Waals surface area contributed by atoms with Crippen molar-refractivity contribution in [2.45, 2.75) is 13.3 Å². The number of carbonyl (C=O) groups is 2. The minimum Gasteiger partial charge on any atom is -0.354 e. The van der Waals surface area contributed by atoms with Crippen LogP contribution in [0.25, 0.3) is 0 Å². The zero-order valence-corrected chi connectivity index (χ0v) is 12.7. The van der Waals surface area contributed by atoms with Crippen molar-refractivity contribution in [2.75, 3.05) is 18.0 Å². The molecule has 1 N–H and O–H groups in total. The minimum atomic E-state index is -0.0336. The van der Waals surface area contributed by atoms with Gasteiger partial charge in [0.05, 0.1) is 6.42 Å². The Labute approximate surface area is 128 Å². The smallest absolute Gasteiger partial charge is 0.225 e. The van der Waals surface area contributed by atoms with E-state index >= 15 is 0 Å². The summed E-state index contributed by atoms with van der Waals surface area (Å²) in [6, 6.07) is 13.3. The van der Waals surface area contributed by atoms with Gasteiger partial charge in [0.1, 0.15) is 0 Å². The molecule has 0 saturated carbocycles. The van der Waals surface area contributed by atoms with Crippen molar-refractivity contribution in [1.29, 1.82) is 0 Å². The Morgan fingerprint density at radius 3 is 2.52 bits per heavy atom. The molecule has 4 nitrogen and oxygen atoms in total. The largest absolute Gasteiger partial charge is 0.354 e. The lowest BCUT2D eigenvalue weighted by atomic mass is 10.3. The van der Waals surface area contributed by atoms with E-state index in [-0.39, 0.29) is 11.8 Å². The number of para-hydroxylation sites is 1. The van der Waals surface area contributed by atoms with Crippen LogP contribution in [0.1, 0.15) is 11.8 Å². The fourth-order valence-electron chi connectivity index (χ4n) is 2.02. The van der Waals surface area contributed by atoms with E-state index in [2.05, 4.69) is 5.32 Å². The zero-order valence-electron chi connectivity index (χ0n) is 11.9. The molecule has 0 unspecified atom stereocenters. The summed E-state index contributed by atoms with van der Waals surface area (Å²) in [7, 11) is 0. The molecular formula is C16H18N2O2S. The van der Waals surface area contributed by atoms with Gasteiger partial charge in [0, 0.05) is 30.6 Å². The van der Waals surface area contributed by atoms with Crippen LogP contribution in [0.5, 0.6) is 0 Å². The van der Waals surface area contributed by atoms with E-state index in [1.54, 1.807) is 16.2 Å². The summed E-state index contributed by atoms with van der Waals surface area (Å²) in [5, 5.41) is 4.80. The van der Waals surface area contributed by atoms with Crippen molar-refractivity contribution in [3.8, 4) is 0 Å². The van der Waals surface area contributed by atoms with Gasteiger partial charge in [-0.15, -0.1) is 11.3 Å². The van der Waals surface area contributed by atoms with Crippen LogP contribution in [0, 0.1) is 0 Å². The minimum absolute atomic E-state index is 0.0194. The third-order valence-corrected chi connectivity index (χ3v) is 3.90. The molecule has 0 aliphatic rings. The number of anilines is 1. The highest BCUT2D eigenvalue weighted by atomic mass is 32.1. The van der Waals surface area contributed by atoms with Crippen LogP contribution in [0.3, 0.4) is 0 Å². The van der Waals surface area contributed by atoms with Gasteiger partial charge < -0.3 is 10.2 Å². The molecule has 0 saturated heterocycles. The van der Waals surface area contributed by atoms with E-state index in [1.807, 2.05) is 47.8 Å².